The van der Waals surface area contributed by atoms with Gasteiger partial charge in [0.1, 0.15) is 0 Å². The Kier molecular flexibility index (Phi) is 6.87. The number of halogens is 3. The number of carbonyl (C=O) groups is 1. The van der Waals surface area contributed by atoms with Crippen molar-refractivity contribution in [1.82, 2.24) is 15.2 Å². The number of morpholine rings is 1. The van der Waals surface area contributed by atoms with E-state index < -0.39 is 12.8 Å². The first-order valence-corrected chi connectivity index (χ1v) is 9.59. The van der Waals surface area contributed by atoms with Crippen molar-refractivity contribution < 1.29 is 27.4 Å². The lowest BCUT2D eigenvalue weighted by atomic mass is 10.1. The standard InChI is InChI=1S/C18H20F3N3O3S/c19-18(20,21)12-27-16-4-3-13(10-22-16)17(25)23-11-14(15-2-1-9-28-15)24-5-7-26-8-6-24/h1-4,9-10,14H,5-8,11-12H2,(H,23,25). The Morgan fingerprint density at radius 1 is 1.32 bits per heavy atom. The van der Waals surface area contributed by atoms with Crippen LogP contribution in [0.3, 0.4) is 0 Å². The van der Waals surface area contributed by atoms with Gasteiger partial charge in [-0.1, -0.05) is 6.07 Å². The van der Waals surface area contributed by atoms with E-state index in [9.17, 15) is 18.0 Å². The van der Waals surface area contributed by atoms with Gasteiger partial charge in [0.15, 0.2) is 6.61 Å². The number of aromatic nitrogens is 1. The molecule has 28 heavy (non-hydrogen) atoms. The molecule has 2 aromatic rings. The fourth-order valence-electron chi connectivity index (χ4n) is 2.83. The second kappa shape index (κ2) is 9.35. The molecule has 0 spiro atoms. The van der Waals surface area contributed by atoms with E-state index in [1.807, 2.05) is 17.5 Å². The molecule has 1 unspecified atom stereocenters. The quantitative estimate of drug-likeness (QED) is 0.754. The topological polar surface area (TPSA) is 63.7 Å². The number of pyridine rings is 1. The molecular weight excluding hydrogens is 395 g/mol. The molecule has 0 radical (unpaired) electrons. The zero-order valence-electron chi connectivity index (χ0n) is 14.9. The minimum absolute atomic E-state index is 0.0372. The zero-order chi connectivity index (χ0) is 20.0. The molecule has 1 amide bonds. The first-order chi connectivity index (χ1) is 13.4. The zero-order valence-corrected chi connectivity index (χ0v) is 15.8. The second-order valence-electron chi connectivity index (χ2n) is 6.18. The van der Waals surface area contributed by atoms with Crippen molar-refractivity contribution in [3.05, 3.63) is 46.3 Å². The average Bonchev–Trinajstić information content (AvgIpc) is 3.21. The van der Waals surface area contributed by atoms with Gasteiger partial charge < -0.3 is 14.8 Å². The van der Waals surface area contributed by atoms with Gasteiger partial charge in [0.25, 0.3) is 5.91 Å². The van der Waals surface area contributed by atoms with Crippen LogP contribution < -0.4 is 10.1 Å². The summed E-state index contributed by atoms with van der Waals surface area (Å²) in [6, 6.07) is 6.68. The predicted octanol–water partition coefficient (Wildman–Crippen LogP) is 2.89. The third kappa shape index (κ3) is 5.91. The number of nitrogens with zero attached hydrogens (tertiary/aromatic N) is 2. The summed E-state index contributed by atoms with van der Waals surface area (Å²) >= 11 is 1.63. The van der Waals surface area contributed by atoms with Crippen LogP contribution in [0.25, 0.3) is 0 Å². The van der Waals surface area contributed by atoms with E-state index in [2.05, 4.69) is 19.9 Å². The molecule has 1 aliphatic rings. The van der Waals surface area contributed by atoms with Gasteiger partial charge in [-0.3, -0.25) is 9.69 Å². The number of carbonyl (C=O) groups excluding carboxylic acids is 1. The lowest BCUT2D eigenvalue weighted by molar-refractivity contribution is -0.154. The van der Waals surface area contributed by atoms with Gasteiger partial charge in [-0.25, -0.2) is 4.98 Å². The van der Waals surface area contributed by atoms with Crippen molar-refractivity contribution in [2.45, 2.75) is 12.2 Å². The molecule has 0 aliphatic carbocycles. The molecule has 3 heterocycles. The predicted molar refractivity (Wildman–Crippen MR) is 97.6 cm³/mol. The molecule has 1 N–H and O–H groups in total. The van der Waals surface area contributed by atoms with E-state index in [0.29, 0.717) is 19.8 Å². The first-order valence-electron chi connectivity index (χ1n) is 8.71. The highest BCUT2D eigenvalue weighted by Crippen LogP contribution is 2.25. The molecule has 0 saturated carbocycles. The summed E-state index contributed by atoms with van der Waals surface area (Å²) in [5.74, 6) is -0.525. The molecule has 1 atom stereocenters. The van der Waals surface area contributed by atoms with Crippen molar-refractivity contribution in [3.8, 4) is 5.88 Å². The summed E-state index contributed by atoms with van der Waals surface area (Å²) in [5.41, 5.74) is 0.256. The van der Waals surface area contributed by atoms with E-state index in [4.69, 9.17) is 4.74 Å². The number of hydrogen-bond acceptors (Lipinski definition) is 6. The fraction of sp³-hybridized carbons (Fsp3) is 0.444. The van der Waals surface area contributed by atoms with Crippen molar-refractivity contribution in [2.24, 2.45) is 0 Å². The lowest BCUT2D eigenvalue weighted by Crippen LogP contribution is -2.43. The summed E-state index contributed by atoms with van der Waals surface area (Å²) in [6.45, 7) is 1.86. The first kappa shape index (κ1) is 20.6. The maximum absolute atomic E-state index is 12.4. The highest BCUT2D eigenvalue weighted by Gasteiger charge is 2.28. The molecule has 1 fully saturated rings. The molecule has 1 aliphatic heterocycles. The van der Waals surface area contributed by atoms with Gasteiger partial charge >= 0.3 is 6.18 Å². The molecule has 152 valence electrons. The van der Waals surface area contributed by atoms with Crippen LogP contribution in [0.4, 0.5) is 13.2 Å². The van der Waals surface area contributed by atoms with E-state index in [0.717, 1.165) is 18.0 Å². The number of nitrogens with one attached hydrogen (secondary N) is 1. The summed E-state index contributed by atoms with van der Waals surface area (Å²) in [4.78, 5) is 19.6. The third-order valence-electron chi connectivity index (χ3n) is 4.20. The number of alkyl halides is 3. The number of hydrogen-bond donors (Lipinski definition) is 1. The summed E-state index contributed by atoms with van der Waals surface area (Å²) in [5, 5.41) is 4.88. The van der Waals surface area contributed by atoms with Crippen molar-refractivity contribution in [1.29, 1.82) is 0 Å². The highest BCUT2D eigenvalue weighted by molar-refractivity contribution is 7.10. The molecule has 0 bridgehead atoms. The number of thiophene rings is 1. The molecule has 6 nitrogen and oxygen atoms in total. The average molecular weight is 415 g/mol. The van der Waals surface area contributed by atoms with Crippen molar-refractivity contribution in [2.75, 3.05) is 39.5 Å². The minimum Gasteiger partial charge on any atom is -0.468 e. The van der Waals surface area contributed by atoms with Gasteiger partial charge in [-0.2, -0.15) is 13.2 Å². The van der Waals surface area contributed by atoms with Crippen LogP contribution in [-0.2, 0) is 4.74 Å². The Balaban J connectivity index is 1.58. The van der Waals surface area contributed by atoms with Crippen LogP contribution in [0, 0.1) is 0 Å². The Morgan fingerprint density at radius 3 is 2.71 bits per heavy atom. The molecule has 1 saturated heterocycles. The SMILES string of the molecule is O=C(NCC(c1cccs1)N1CCOCC1)c1ccc(OCC(F)(F)F)nc1. The van der Waals surface area contributed by atoms with Gasteiger partial charge in [-0.05, 0) is 17.5 Å². The number of rotatable bonds is 7. The normalized spacial score (nSPS) is 16.5. The van der Waals surface area contributed by atoms with Gasteiger partial charge in [-0.15, -0.1) is 11.3 Å². The lowest BCUT2D eigenvalue weighted by Gasteiger charge is -2.34. The third-order valence-corrected chi connectivity index (χ3v) is 5.17. The highest BCUT2D eigenvalue weighted by atomic mass is 32.1. The number of ether oxygens (including phenoxy) is 2. The molecule has 10 heteroatoms. The van der Waals surface area contributed by atoms with Crippen LogP contribution in [-0.4, -0.2) is 61.4 Å². The monoisotopic (exact) mass is 415 g/mol. The van der Waals surface area contributed by atoms with Gasteiger partial charge in [0.2, 0.25) is 5.88 Å². The Hall–Kier alpha value is -2.17. The Labute approximate surface area is 164 Å². The van der Waals surface area contributed by atoms with Crippen molar-refractivity contribution in [3.63, 3.8) is 0 Å². The Morgan fingerprint density at radius 2 is 2.11 bits per heavy atom. The summed E-state index contributed by atoms with van der Waals surface area (Å²) in [6.07, 6.45) is -3.23. The van der Waals surface area contributed by atoms with Crippen LogP contribution in [0.5, 0.6) is 5.88 Å². The molecule has 2 aromatic heterocycles. The maximum atomic E-state index is 12.4. The van der Waals surface area contributed by atoms with E-state index >= 15 is 0 Å². The maximum Gasteiger partial charge on any atom is 0.422 e. The van der Waals surface area contributed by atoms with Gasteiger partial charge in [0.05, 0.1) is 24.8 Å². The summed E-state index contributed by atoms with van der Waals surface area (Å²) < 4.78 is 46.4. The molecule has 0 aromatic carbocycles. The molecular formula is C18H20F3N3O3S. The summed E-state index contributed by atoms with van der Waals surface area (Å²) in [7, 11) is 0. The van der Waals surface area contributed by atoms with Crippen molar-refractivity contribution >= 4 is 17.2 Å². The smallest absolute Gasteiger partial charge is 0.422 e. The van der Waals surface area contributed by atoms with Crippen LogP contribution in [0.15, 0.2) is 35.8 Å². The van der Waals surface area contributed by atoms with Gasteiger partial charge in [0, 0.05) is 36.8 Å². The minimum atomic E-state index is -4.44. The number of amides is 1. The van der Waals surface area contributed by atoms with E-state index in [1.54, 1.807) is 11.3 Å². The molecule has 3 rings (SSSR count). The van der Waals surface area contributed by atoms with E-state index in [1.165, 1.54) is 18.3 Å². The van der Waals surface area contributed by atoms with E-state index in [-0.39, 0.29) is 23.4 Å². The van der Waals surface area contributed by atoms with Crippen LogP contribution in [0.2, 0.25) is 0 Å². The largest absolute Gasteiger partial charge is 0.468 e. The Bertz CT molecular complexity index is 748. The van der Waals surface area contributed by atoms with Crippen LogP contribution >= 0.6 is 11.3 Å². The fourth-order valence-corrected chi connectivity index (χ4v) is 3.69. The van der Waals surface area contributed by atoms with Crippen LogP contribution in [0.1, 0.15) is 21.3 Å². The second-order valence-corrected chi connectivity index (χ2v) is 7.16.